The molecule has 1 nitrogen and oxygen atoms in total. The van der Waals surface area contributed by atoms with E-state index in [9.17, 15) is 0 Å². The molecule has 1 aliphatic carbocycles. The molecule has 20 heavy (non-hydrogen) atoms. The van der Waals surface area contributed by atoms with E-state index in [-0.39, 0.29) is 0 Å². The molecule has 0 saturated heterocycles. The van der Waals surface area contributed by atoms with Crippen molar-refractivity contribution in [3.63, 3.8) is 0 Å². The van der Waals surface area contributed by atoms with Gasteiger partial charge in [0.25, 0.3) is 0 Å². The third-order valence-corrected chi connectivity index (χ3v) is 5.09. The molecule has 0 bridgehead atoms. The first-order valence-electron chi connectivity index (χ1n) is 9.13. The zero-order chi connectivity index (χ0) is 14.6. The van der Waals surface area contributed by atoms with E-state index in [0.717, 1.165) is 24.3 Å². The molecule has 1 saturated carbocycles. The summed E-state index contributed by atoms with van der Waals surface area (Å²) < 4.78 is 0. The van der Waals surface area contributed by atoms with Crippen LogP contribution >= 0.6 is 0 Å². The van der Waals surface area contributed by atoms with Crippen LogP contribution in [0.15, 0.2) is 12.7 Å². The van der Waals surface area contributed by atoms with E-state index in [4.69, 9.17) is 0 Å². The van der Waals surface area contributed by atoms with Gasteiger partial charge in [-0.15, -0.1) is 6.58 Å². The van der Waals surface area contributed by atoms with E-state index >= 15 is 0 Å². The quantitative estimate of drug-likeness (QED) is 0.385. The van der Waals surface area contributed by atoms with Gasteiger partial charge in [0.2, 0.25) is 0 Å². The lowest BCUT2D eigenvalue weighted by Gasteiger charge is -2.36. The van der Waals surface area contributed by atoms with Crippen molar-refractivity contribution in [2.24, 2.45) is 17.8 Å². The molecule has 1 N–H and O–H groups in total. The van der Waals surface area contributed by atoms with E-state index in [2.05, 4.69) is 31.8 Å². The Labute approximate surface area is 127 Å². The van der Waals surface area contributed by atoms with Crippen molar-refractivity contribution in [1.82, 2.24) is 5.32 Å². The predicted octanol–water partition coefficient (Wildman–Crippen LogP) is 5.57. The molecule has 0 aromatic rings. The Bertz CT molecular complexity index is 236. The second-order valence-corrected chi connectivity index (χ2v) is 6.72. The standard InChI is InChI=1S/C19H37N/c1-4-7-8-9-10-12-18-15-17(11-5-2)13-14-19(18)16-20-6-3/h4,17-20H,1,5-16H2,2-3H3. The molecule has 0 aromatic carbocycles. The van der Waals surface area contributed by atoms with E-state index in [1.54, 1.807) is 0 Å². The van der Waals surface area contributed by atoms with Crippen LogP contribution in [0.3, 0.4) is 0 Å². The molecular weight excluding hydrogens is 242 g/mol. The summed E-state index contributed by atoms with van der Waals surface area (Å²) in [6, 6.07) is 0. The van der Waals surface area contributed by atoms with Crippen molar-refractivity contribution >= 4 is 0 Å². The van der Waals surface area contributed by atoms with E-state index in [1.807, 2.05) is 0 Å². The van der Waals surface area contributed by atoms with Gasteiger partial charge < -0.3 is 5.32 Å². The van der Waals surface area contributed by atoms with Crippen LogP contribution in [0.4, 0.5) is 0 Å². The molecule has 0 heterocycles. The predicted molar refractivity (Wildman–Crippen MR) is 91.1 cm³/mol. The Morgan fingerprint density at radius 3 is 2.60 bits per heavy atom. The third-order valence-electron chi connectivity index (χ3n) is 5.09. The molecule has 3 atom stereocenters. The Kier molecular flexibility index (Phi) is 10.1. The fourth-order valence-electron chi connectivity index (χ4n) is 3.92. The largest absolute Gasteiger partial charge is 0.317 e. The highest BCUT2D eigenvalue weighted by atomic mass is 14.8. The average molecular weight is 280 g/mol. The molecule has 1 rings (SSSR count). The monoisotopic (exact) mass is 279 g/mol. The smallest absolute Gasteiger partial charge is 0.00180 e. The highest BCUT2D eigenvalue weighted by Gasteiger charge is 2.29. The molecule has 3 unspecified atom stereocenters. The first-order valence-corrected chi connectivity index (χ1v) is 9.13. The summed E-state index contributed by atoms with van der Waals surface area (Å²) in [6.45, 7) is 10.8. The van der Waals surface area contributed by atoms with Crippen molar-refractivity contribution in [3.8, 4) is 0 Å². The molecule has 118 valence electrons. The van der Waals surface area contributed by atoms with Crippen LogP contribution in [0.2, 0.25) is 0 Å². The zero-order valence-corrected chi connectivity index (χ0v) is 14.0. The van der Waals surface area contributed by atoms with E-state index in [0.29, 0.717) is 0 Å². The van der Waals surface area contributed by atoms with Crippen molar-refractivity contribution in [3.05, 3.63) is 12.7 Å². The minimum Gasteiger partial charge on any atom is -0.317 e. The molecule has 1 fully saturated rings. The minimum absolute atomic E-state index is 0.947. The molecule has 1 aliphatic rings. The molecule has 0 amide bonds. The van der Waals surface area contributed by atoms with Gasteiger partial charge in [-0.1, -0.05) is 58.4 Å². The second kappa shape index (κ2) is 11.4. The highest BCUT2D eigenvalue weighted by Crippen LogP contribution is 2.38. The molecule has 0 aliphatic heterocycles. The van der Waals surface area contributed by atoms with Crippen molar-refractivity contribution in [1.29, 1.82) is 0 Å². The van der Waals surface area contributed by atoms with E-state index < -0.39 is 0 Å². The number of rotatable bonds is 11. The lowest BCUT2D eigenvalue weighted by molar-refractivity contribution is 0.157. The molecular formula is C19H37N. The summed E-state index contributed by atoms with van der Waals surface area (Å²) in [5, 5.41) is 3.59. The summed E-state index contributed by atoms with van der Waals surface area (Å²) >= 11 is 0. The Balaban J connectivity index is 2.33. The van der Waals surface area contributed by atoms with Crippen LogP contribution in [0.1, 0.15) is 78.1 Å². The molecule has 0 spiro atoms. The second-order valence-electron chi connectivity index (χ2n) is 6.72. The van der Waals surface area contributed by atoms with Gasteiger partial charge >= 0.3 is 0 Å². The average Bonchev–Trinajstić information content (AvgIpc) is 2.46. The van der Waals surface area contributed by atoms with Crippen LogP contribution in [0, 0.1) is 17.8 Å². The fraction of sp³-hybridized carbons (Fsp3) is 0.895. The Morgan fingerprint density at radius 1 is 1.05 bits per heavy atom. The van der Waals surface area contributed by atoms with Gasteiger partial charge in [0.1, 0.15) is 0 Å². The maximum absolute atomic E-state index is 3.82. The summed E-state index contributed by atoms with van der Waals surface area (Å²) in [5.41, 5.74) is 0. The Morgan fingerprint density at radius 2 is 1.90 bits per heavy atom. The van der Waals surface area contributed by atoms with Gasteiger partial charge in [-0.05, 0) is 56.5 Å². The summed E-state index contributed by atoms with van der Waals surface area (Å²) in [4.78, 5) is 0. The Hall–Kier alpha value is -0.300. The van der Waals surface area contributed by atoms with Crippen molar-refractivity contribution in [2.75, 3.05) is 13.1 Å². The maximum Gasteiger partial charge on any atom is -0.00180 e. The molecule has 0 aromatic heterocycles. The van der Waals surface area contributed by atoms with Gasteiger partial charge in [-0.25, -0.2) is 0 Å². The van der Waals surface area contributed by atoms with Crippen LogP contribution in [0.25, 0.3) is 0 Å². The lowest BCUT2D eigenvalue weighted by Crippen LogP contribution is -2.33. The molecule has 0 radical (unpaired) electrons. The number of unbranched alkanes of at least 4 members (excludes halogenated alkanes) is 3. The fourth-order valence-corrected chi connectivity index (χ4v) is 3.92. The number of hydrogen-bond acceptors (Lipinski definition) is 1. The highest BCUT2D eigenvalue weighted by molar-refractivity contribution is 4.81. The SMILES string of the molecule is C=CCCCCCC1CC(CCC)CCC1CNCC. The van der Waals surface area contributed by atoms with Crippen LogP contribution < -0.4 is 5.32 Å². The number of allylic oxidation sites excluding steroid dienone is 1. The summed E-state index contributed by atoms with van der Waals surface area (Å²) in [6.07, 6.45) is 16.2. The third kappa shape index (κ3) is 6.92. The van der Waals surface area contributed by atoms with Crippen LogP contribution in [0.5, 0.6) is 0 Å². The van der Waals surface area contributed by atoms with Gasteiger partial charge in [0, 0.05) is 0 Å². The summed E-state index contributed by atoms with van der Waals surface area (Å²) in [7, 11) is 0. The normalized spacial score (nSPS) is 26.6. The molecule has 1 heteroatoms. The van der Waals surface area contributed by atoms with Gasteiger partial charge in [0.15, 0.2) is 0 Å². The first kappa shape index (κ1) is 17.8. The van der Waals surface area contributed by atoms with Crippen molar-refractivity contribution < 1.29 is 0 Å². The van der Waals surface area contributed by atoms with Gasteiger partial charge in [-0.3, -0.25) is 0 Å². The summed E-state index contributed by atoms with van der Waals surface area (Å²) in [5.74, 6) is 2.96. The van der Waals surface area contributed by atoms with E-state index in [1.165, 1.54) is 70.8 Å². The zero-order valence-electron chi connectivity index (χ0n) is 14.0. The number of hydrogen-bond donors (Lipinski definition) is 1. The number of nitrogens with one attached hydrogen (secondary N) is 1. The topological polar surface area (TPSA) is 12.0 Å². The van der Waals surface area contributed by atoms with Gasteiger partial charge in [0.05, 0.1) is 0 Å². The van der Waals surface area contributed by atoms with Crippen molar-refractivity contribution in [2.45, 2.75) is 78.1 Å². The van der Waals surface area contributed by atoms with Crippen LogP contribution in [-0.2, 0) is 0 Å². The van der Waals surface area contributed by atoms with Gasteiger partial charge in [-0.2, -0.15) is 0 Å². The first-order chi connectivity index (χ1) is 9.81. The maximum atomic E-state index is 3.82. The minimum atomic E-state index is 0.947. The van der Waals surface area contributed by atoms with Crippen LogP contribution in [-0.4, -0.2) is 13.1 Å². The lowest BCUT2D eigenvalue weighted by atomic mass is 9.71.